The molecule has 0 saturated heterocycles. The number of carbonyl (C=O) groups excluding carboxylic acids is 2. The highest BCUT2D eigenvalue weighted by atomic mass is 79.9. The minimum absolute atomic E-state index is 0.00695. The van der Waals surface area contributed by atoms with Crippen molar-refractivity contribution in [3.63, 3.8) is 0 Å². The normalized spacial score (nSPS) is 10.9. The molecule has 1 rings (SSSR count). The first-order valence-corrected chi connectivity index (χ1v) is 6.74. The number of ether oxygens (including phenoxy) is 2. The molecule has 114 valence electrons. The Morgan fingerprint density at radius 1 is 1.48 bits per heavy atom. The summed E-state index contributed by atoms with van der Waals surface area (Å²) in [6, 6.07) is 2.18. The van der Waals surface area contributed by atoms with Gasteiger partial charge in [0, 0.05) is 4.47 Å². The zero-order valence-electron chi connectivity index (χ0n) is 11.6. The van der Waals surface area contributed by atoms with E-state index in [1.54, 1.807) is 0 Å². The van der Waals surface area contributed by atoms with Gasteiger partial charge in [-0.1, -0.05) is 12.7 Å². The largest absolute Gasteiger partial charge is 0.459 e. The number of hydrogen-bond donors (Lipinski definition) is 1. The zero-order valence-corrected chi connectivity index (χ0v) is 13.2. The Hall–Kier alpha value is -1.89. The van der Waals surface area contributed by atoms with Crippen LogP contribution >= 0.6 is 15.9 Å². The Morgan fingerprint density at radius 3 is 2.67 bits per heavy atom. The molecule has 0 saturated carbocycles. The lowest BCUT2D eigenvalue weighted by Gasteiger charge is -2.23. The number of anilines is 1. The summed E-state index contributed by atoms with van der Waals surface area (Å²) in [5.41, 5.74) is 3.73. The number of rotatable bonds is 5. The first-order valence-electron chi connectivity index (χ1n) is 5.95. The molecule has 0 atom stereocenters. The van der Waals surface area contributed by atoms with Crippen LogP contribution in [0.1, 0.15) is 24.2 Å². The highest BCUT2D eigenvalue weighted by Gasteiger charge is 2.34. The number of nitrogens with two attached hydrogens (primary N) is 1. The molecular weight excluding hydrogens is 345 g/mol. The fourth-order valence-corrected chi connectivity index (χ4v) is 1.84. The van der Waals surface area contributed by atoms with E-state index in [2.05, 4.69) is 22.5 Å². The molecule has 1 aromatic carbocycles. The molecule has 1 aromatic rings. The summed E-state index contributed by atoms with van der Waals surface area (Å²) in [4.78, 5) is 23.8. The van der Waals surface area contributed by atoms with E-state index < -0.39 is 23.4 Å². The van der Waals surface area contributed by atoms with Gasteiger partial charge in [-0.3, -0.25) is 0 Å². The maximum Gasteiger partial charge on any atom is 0.350 e. The molecule has 2 N–H and O–H groups in total. The molecule has 0 bridgehead atoms. The van der Waals surface area contributed by atoms with Crippen molar-refractivity contribution in [1.29, 1.82) is 0 Å². The van der Waals surface area contributed by atoms with Crippen LogP contribution in [-0.4, -0.2) is 24.1 Å². The second kappa shape index (κ2) is 6.71. The van der Waals surface area contributed by atoms with Gasteiger partial charge in [0.1, 0.15) is 12.4 Å². The van der Waals surface area contributed by atoms with Crippen LogP contribution in [0.3, 0.4) is 0 Å². The summed E-state index contributed by atoms with van der Waals surface area (Å²) < 4.78 is 23.4. The SMILES string of the molecule is C=CCOC(=O)C(C)(C)OC(=O)c1cc(N)c(F)cc1Br. The molecular formula is C14H15BrFNO4. The third-order valence-electron chi connectivity index (χ3n) is 2.48. The number of nitrogen functional groups attached to an aromatic ring is 1. The number of carbonyl (C=O) groups is 2. The summed E-state index contributed by atoms with van der Waals surface area (Å²) in [6.45, 7) is 6.19. The van der Waals surface area contributed by atoms with Crippen molar-refractivity contribution in [3.05, 3.63) is 40.6 Å². The maximum absolute atomic E-state index is 13.2. The number of benzene rings is 1. The summed E-state index contributed by atoms with van der Waals surface area (Å²) in [6.07, 6.45) is 1.40. The van der Waals surface area contributed by atoms with Gasteiger partial charge >= 0.3 is 11.9 Å². The minimum Gasteiger partial charge on any atom is -0.459 e. The van der Waals surface area contributed by atoms with Gasteiger partial charge in [-0.15, -0.1) is 0 Å². The van der Waals surface area contributed by atoms with Crippen LogP contribution < -0.4 is 5.73 Å². The van der Waals surface area contributed by atoms with Gasteiger partial charge in [-0.05, 0) is 41.9 Å². The number of hydrogen-bond acceptors (Lipinski definition) is 5. The van der Waals surface area contributed by atoms with E-state index in [0.717, 1.165) is 12.1 Å². The van der Waals surface area contributed by atoms with Crippen molar-refractivity contribution in [2.24, 2.45) is 0 Å². The Morgan fingerprint density at radius 2 is 2.10 bits per heavy atom. The van der Waals surface area contributed by atoms with Gasteiger partial charge in [-0.25, -0.2) is 14.0 Å². The van der Waals surface area contributed by atoms with E-state index in [4.69, 9.17) is 15.2 Å². The van der Waals surface area contributed by atoms with Crippen LogP contribution in [0.4, 0.5) is 10.1 Å². The second-order valence-corrected chi connectivity index (χ2v) is 5.49. The Bertz CT molecular complexity index is 587. The highest BCUT2D eigenvalue weighted by molar-refractivity contribution is 9.10. The van der Waals surface area contributed by atoms with E-state index in [0.29, 0.717) is 0 Å². The second-order valence-electron chi connectivity index (χ2n) is 4.64. The lowest BCUT2D eigenvalue weighted by atomic mass is 10.1. The molecule has 5 nitrogen and oxygen atoms in total. The first kappa shape index (κ1) is 17.2. The van der Waals surface area contributed by atoms with Crippen molar-refractivity contribution in [3.8, 4) is 0 Å². The molecule has 21 heavy (non-hydrogen) atoms. The molecule has 0 aromatic heterocycles. The quantitative estimate of drug-likeness (QED) is 0.496. The van der Waals surface area contributed by atoms with Crippen LogP contribution in [-0.2, 0) is 14.3 Å². The van der Waals surface area contributed by atoms with Gasteiger partial charge in [-0.2, -0.15) is 0 Å². The third kappa shape index (κ3) is 4.29. The van der Waals surface area contributed by atoms with Gasteiger partial charge in [0.2, 0.25) is 5.60 Å². The summed E-state index contributed by atoms with van der Waals surface area (Å²) >= 11 is 3.04. The first-order chi connectivity index (χ1) is 9.69. The molecule has 0 unspecified atom stereocenters. The van der Waals surface area contributed by atoms with E-state index in [-0.39, 0.29) is 22.3 Å². The van der Waals surface area contributed by atoms with E-state index in [1.165, 1.54) is 19.9 Å². The predicted octanol–water partition coefficient (Wildman–Crippen LogP) is 2.84. The number of halogens is 2. The molecule has 0 spiro atoms. The molecule has 0 amide bonds. The summed E-state index contributed by atoms with van der Waals surface area (Å²) in [5.74, 6) is -2.21. The highest BCUT2D eigenvalue weighted by Crippen LogP contribution is 2.25. The van der Waals surface area contributed by atoms with E-state index in [1.807, 2.05) is 0 Å². The topological polar surface area (TPSA) is 78.6 Å². The van der Waals surface area contributed by atoms with Gasteiger partial charge in [0.25, 0.3) is 0 Å². The van der Waals surface area contributed by atoms with Crippen LogP contribution in [0.2, 0.25) is 0 Å². The third-order valence-corrected chi connectivity index (χ3v) is 3.13. The lowest BCUT2D eigenvalue weighted by Crippen LogP contribution is -2.39. The van der Waals surface area contributed by atoms with Gasteiger partial charge in [0.15, 0.2) is 0 Å². The smallest absolute Gasteiger partial charge is 0.350 e. The average molecular weight is 360 g/mol. The van der Waals surface area contributed by atoms with Crippen molar-refractivity contribution in [1.82, 2.24) is 0 Å². The molecule has 0 radical (unpaired) electrons. The standard InChI is InChI=1S/C14H15BrFNO4/c1-4-5-20-13(19)14(2,3)21-12(18)8-6-11(17)10(16)7-9(8)15/h4,6-7H,1,5,17H2,2-3H3. The van der Waals surface area contributed by atoms with Crippen molar-refractivity contribution >= 4 is 33.6 Å². The monoisotopic (exact) mass is 359 g/mol. The van der Waals surface area contributed by atoms with Crippen LogP contribution in [0.5, 0.6) is 0 Å². The Balaban J connectivity index is 2.92. The van der Waals surface area contributed by atoms with Crippen molar-refractivity contribution in [2.75, 3.05) is 12.3 Å². The fraction of sp³-hybridized carbons (Fsp3) is 0.286. The van der Waals surface area contributed by atoms with Gasteiger partial charge < -0.3 is 15.2 Å². The molecule has 0 aliphatic heterocycles. The number of esters is 2. The summed E-state index contributed by atoms with van der Waals surface area (Å²) in [7, 11) is 0. The molecule has 0 aliphatic rings. The Kier molecular flexibility index (Phi) is 5.48. The summed E-state index contributed by atoms with van der Waals surface area (Å²) in [5, 5.41) is 0. The van der Waals surface area contributed by atoms with Crippen LogP contribution in [0, 0.1) is 5.82 Å². The molecule has 0 fully saturated rings. The Labute approximate surface area is 130 Å². The lowest BCUT2D eigenvalue weighted by molar-refractivity contribution is -0.161. The maximum atomic E-state index is 13.2. The molecule has 7 heteroatoms. The van der Waals surface area contributed by atoms with Crippen molar-refractivity contribution in [2.45, 2.75) is 19.4 Å². The van der Waals surface area contributed by atoms with E-state index in [9.17, 15) is 14.0 Å². The molecule has 0 aliphatic carbocycles. The van der Waals surface area contributed by atoms with Crippen LogP contribution in [0.25, 0.3) is 0 Å². The van der Waals surface area contributed by atoms with Crippen molar-refractivity contribution < 1.29 is 23.5 Å². The minimum atomic E-state index is -1.50. The molecule has 0 heterocycles. The fourth-order valence-electron chi connectivity index (χ4n) is 1.36. The van der Waals surface area contributed by atoms with Crippen LogP contribution in [0.15, 0.2) is 29.3 Å². The van der Waals surface area contributed by atoms with Gasteiger partial charge in [0.05, 0.1) is 11.3 Å². The predicted molar refractivity (Wildman–Crippen MR) is 79.2 cm³/mol. The average Bonchev–Trinajstić information content (AvgIpc) is 2.39. The zero-order chi connectivity index (χ0) is 16.2. The van der Waals surface area contributed by atoms with E-state index >= 15 is 0 Å².